The van der Waals surface area contributed by atoms with E-state index in [0.717, 1.165) is 11.3 Å². The van der Waals surface area contributed by atoms with Crippen molar-refractivity contribution in [3.63, 3.8) is 0 Å². The van der Waals surface area contributed by atoms with E-state index < -0.39 is 0 Å². The van der Waals surface area contributed by atoms with Gasteiger partial charge in [-0.2, -0.15) is 9.90 Å². The maximum atomic E-state index is 12.5. The van der Waals surface area contributed by atoms with Gasteiger partial charge in [-0.3, -0.25) is 4.79 Å². The number of hydrogen-bond acceptors (Lipinski definition) is 3. The predicted molar refractivity (Wildman–Crippen MR) is 88.3 cm³/mol. The van der Waals surface area contributed by atoms with Gasteiger partial charge in [-0.05, 0) is 24.6 Å². The first-order chi connectivity index (χ1) is 11.1. The summed E-state index contributed by atoms with van der Waals surface area (Å²) in [5, 5.41) is 8.44. The maximum absolute atomic E-state index is 12.5. The number of carbonyl (C=O) groups is 1. The van der Waals surface area contributed by atoms with Crippen LogP contribution in [-0.2, 0) is 6.54 Å². The summed E-state index contributed by atoms with van der Waals surface area (Å²) >= 11 is 0. The van der Waals surface area contributed by atoms with Crippen LogP contribution in [0.15, 0.2) is 60.8 Å². The minimum atomic E-state index is -0.146. The van der Waals surface area contributed by atoms with E-state index in [4.69, 9.17) is 0 Å². The van der Waals surface area contributed by atoms with Crippen molar-refractivity contribution in [3.8, 4) is 5.69 Å². The molecule has 0 spiro atoms. The number of carbonyl (C=O) groups excluding carboxylic acids is 1. The molecule has 0 saturated carbocycles. The predicted octanol–water partition coefficient (Wildman–Crippen LogP) is 2.85. The summed E-state index contributed by atoms with van der Waals surface area (Å²) in [6.45, 7) is 2.58. The van der Waals surface area contributed by atoms with Crippen LogP contribution < -0.4 is 0 Å². The molecule has 3 rings (SSSR count). The van der Waals surface area contributed by atoms with Crippen LogP contribution in [0.5, 0.6) is 0 Å². The zero-order valence-corrected chi connectivity index (χ0v) is 13.2. The Morgan fingerprint density at radius 3 is 2.48 bits per heavy atom. The van der Waals surface area contributed by atoms with E-state index in [1.54, 1.807) is 11.9 Å². The molecular weight excluding hydrogens is 288 g/mol. The fourth-order valence-electron chi connectivity index (χ4n) is 2.28. The third-order valence-electron chi connectivity index (χ3n) is 3.59. The Hall–Kier alpha value is -2.95. The number of aryl methyl sites for hydroxylation is 1. The summed E-state index contributed by atoms with van der Waals surface area (Å²) in [4.78, 5) is 15.6. The second kappa shape index (κ2) is 6.44. The van der Waals surface area contributed by atoms with E-state index in [2.05, 4.69) is 10.2 Å². The molecule has 1 heterocycles. The van der Waals surface area contributed by atoms with Gasteiger partial charge < -0.3 is 4.90 Å². The SMILES string of the molecule is Cc1ccc(CN(C)C(=O)c2cnn(-c3ccccc3)n2)cc1. The lowest BCUT2D eigenvalue weighted by Crippen LogP contribution is -2.26. The van der Waals surface area contributed by atoms with Gasteiger partial charge in [0.1, 0.15) is 0 Å². The quantitative estimate of drug-likeness (QED) is 0.745. The van der Waals surface area contributed by atoms with Gasteiger partial charge in [0.05, 0.1) is 11.9 Å². The van der Waals surface area contributed by atoms with Crippen molar-refractivity contribution in [1.29, 1.82) is 0 Å². The van der Waals surface area contributed by atoms with Crippen LogP contribution in [-0.4, -0.2) is 32.8 Å². The Morgan fingerprint density at radius 1 is 1.09 bits per heavy atom. The third-order valence-corrected chi connectivity index (χ3v) is 3.59. The summed E-state index contributed by atoms with van der Waals surface area (Å²) in [6, 6.07) is 17.7. The van der Waals surface area contributed by atoms with Gasteiger partial charge in [-0.25, -0.2) is 0 Å². The molecule has 0 bridgehead atoms. The van der Waals surface area contributed by atoms with Gasteiger partial charge in [-0.15, -0.1) is 5.10 Å². The Kier molecular flexibility index (Phi) is 4.19. The molecule has 116 valence electrons. The molecule has 0 aliphatic heterocycles. The number of amides is 1. The second-order valence-electron chi connectivity index (χ2n) is 5.50. The average molecular weight is 306 g/mol. The van der Waals surface area contributed by atoms with Crippen molar-refractivity contribution in [2.24, 2.45) is 0 Å². The Morgan fingerprint density at radius 2 is 1.78 bits per heavy atom. The normalized spacial score (nSPS) is 10.5. The van der Waals surface area contributed by atoms with Crippen molar-refractivity contribution >= 4 is 5.91 Å². The molecule has 0 fully saturated rings. The van der Waals surface area contributed by atoms with Gasteiger partial charge in [0.2, 0.25) is 0 Å². The van der Waals surface area contributed by atoms with Crippen molar-refractivity contribution in [1.82, 2.24) is 19.9 Å². The lowest BCUT2D eigenvalue weighted by atomic mass is 10.1. The highest BCUT2D eigenvalue weighted by Crippen LogP contribution is 2.09. The van der Waals surface area contributed by atoms with Crippen molar-refractivity contribution in [2.75, 3.05) is 7.05 Å². The molecule has 5 nitrogen and oxygen atoms in total. The average Bonchev–Trinajstić information content (AvgIpc) is 3.07. The summed E-state index contributed by atoms with van der Waals surface area (Å²) < 4.78 is 0. The van der Waals surface area contributed by atoms with E-state index in [1.165, 1.54) is 16.6 Å². The number of rotatable bonds is 4. The molecule has 5 heteroatoms. The van der Waals surface area contributed by atoms with E-state index in [0.29, 0.717) is 12.2 Å². The molecular formula is C18H18N4O. The smallest absolute Gasteiger partial charge is 0.276 e. The molecule has 0 atom stereocenters. The third kappa shape index (κ3) is 3.45. The largest absolute Gasteiger partial charge is 0.336 e. The van der Waals surface area contributed by atoms with Gasteiger partial charge in [0.25, 0.3) is 5.91 Å². The van der Waals surface area contributed by atoms with E-state index in [9.17, 15) is 4.79 Å². The molecule has 0 radical (unpaired) electrons. The molecule has 23 heavy (non-hydrogen) atoms. The maximum Gasteiger partial charge on any atom is 0.276 e. The standard InChI is InChI=1S/C18H18N4O/c1-14-8-10-15(11-9-14)13-21(2)18(23)17-12-19-22(20-17)16-6-4-3-5-7-16/h3-12H,13H2,1-2H3. The van der Waals surface area contributed by atoms with Crippen molar-refractivity contribution in [2.45, 2.75) is 13.5 Å². The number of aromatic nitrogens is 3. The zero-order valence-electron chi connectivity index (χ0n) is 13.2. The monoisotopic (exact) mass is 306 g/mol. The molecule has 1 aromatic heterocycles. The zero-order chi connectivity index (χ0) is 16.2. The van der Waals surface area contributed by atoms with E-state index in [1.807, 2.05) is 61.5 Å². The first-order valence-electron chi connectivity index (χ1n) is 7.42. The molecule has 2 aromatic carbocycles. The van der Waals surface area contributed by atoms with Crippen LogP contribution in [0.2, 0.25) is 0 Å². The Labute approximate surface area is 135 Å². The number of benzene rings is 2. The van der Waals surface area contributed by atoms with E-state index in [-0.39, 0.29) is 5.91 Å². The molecule has 0 unspecified atom stereocenters. The summed E-state index contributed by atoms with van der Waals surface area (Å²) in [5.74, 6) is -0.146. The van der Waals surface area contributed by atoms with Gasteiger partial charge in [-0.1, -0.05) is 48.0 Å². The summed E-state index contributed by atoms with van der Waals surface area (Å²) in [7, 11) is 1.77. The minimum Gasteiger partial charge on any atom is -0.336 e. The molecule has 0 N–H and O–H groups in total. The highest BCUT2D eigenvalue weighted by molar-refractivity contribution is 5.91. The molecule has 0 saturated heterocycles. The highest BCUT2D eigenvalue weighted by Gasteiger charge is 2.16. The van der Waals surface area contributed by atoms with Crippen molar-refractivity contribution < 1.29 is 4.79 Å². The minimum absolute atomic E-state index is 0.146. The number of para-hydroxylation sites is 1. The van der Waals surface area contributed by atoms with Gasteiger partial charge in [0, 0.05) is 13.6 Å². The van der Waals surface area contributed by atoms with Crippen LogP contribution >= 0.6 is 0 Å². The van der Waals surface area contributed by atoms with Crippen LogP contribution in [0.25, 0.3) is 5.69 Å². The summed E-state index contributed by atoms with van der Waals surface area (Å²) in [5.41, 5.74) is 3.45. The van der Waals surface area contributed by atoms with Crippen LogP contribution in [0.4, 0.5) is 0 Å². The Bertz CT molecular complexity index is 793. The molecule has 0 aliphatic carbocycles. The van der Waals surface area contributed by atoms with Crippen LogP contribution in [0.1, 0.15) is 21.6 Å². The fourth-order valence-corrected chi connectivity index (χ4v) is 2.28. The molecule has 3 aromatic rings. The first-order valence-corrected chi connectivity index (χ1v) is 7.42. The van der Waals surface area contributed by atoms with Gasteiger partial charge in [0.15, 0.2) is 5.69 Å². The highest BCUT2D eigenvalue weighted by atomic mass is 16.2. The Balaban J connectivity index is 1.72. The number of nitrogens with zero attached hydrogens (tertiary/aromatic N) is 4. The van der Waals surface area contributed by atoms with Crippen LogP contribution in [0.3, 0.4) is 0 Å². The topological polar surface area (TPSA) is 51.0 Å². The van der Waals surface area contributed by atoms with Crippen LogP contribution in [0, 0.1) is 6.92 Å². The fraction of sp³-hybridized carbons (Fsp3) is 0.167. The van der Waals surface area contributed by atoms with Gasteiger partial charge >= 0.3 is 0 Å². The molecule has 1 amide bonds. The van der Waals surface area contributed by atoms with Crippen molar-refractivity contribution in [3.05, 3.63) is 77.6 Å². The second-order valence-corrected chi connectivity index (χ2v) is 5.50. The number of hydrogen-bond donors (Lipinski definition) is 0. The lowest BCUT2D eigenvalue weighted by Gasteiger charge is -2.15. The summed E-state index contributed by atoms with van der Waals surface area (Å²) in [6.07, 6.45) is 1.50. The molecule has 0 aliphatic rings. The first kappa shape index (κ1) is 15.0. The lowest BCUT2D eigenvalue weighted by molar-refractivity contribution is 0.0779. The van der Waals surface area contributed by atoms with E-state index >= 15 is 0 Å².